The molecule has 1 aromatic carbocycles. The first kappa shape index (κ1) is 16.3. The van der Waals surface area contributed by atoms with E-state index in [0.717, 1.165) is 31.0 Å². The normalized spacial score (nSPS) is 15.7. The van der Waals surface area contributed by atoms with Crippen LogP contribution in [0.2, 0.25) is 5.02 Å². The molecule has 1 fully saturated rings. The maximum absolute atomic E-state index is 12.6. The molecule has 1 aromatic heterocycles. The highest BCUT2D eigenvalue weighted by Gasteiger charge is 2.25. The van der Waals surface area contributed by atoms with Gasteiger partial charge in [0, 0.05) is 28.3 Å². The highest BCUT2D eigenvalue weighted by atomic mass is 35.5. The van der Waals surface area contributed by atoms with Crippen molar-refractivity contribution in [3.8, 4) is 0 Å². The molecule has 0 atom stereocenters. The number of carbonyl (C=O) groups excluding carboxylic acids is 1. The van der Waals surface area contributed by atoms with Gasteiger partial charge < -0.3 is 4.90 Å². The third kappa shape index (κ3) is 4.03. The highest BCUT2D eigenvalue weighted by Crippen LogP contribution is 2.31. The number of aromatic nitrogens is 2. The molecule has 1 saturated heterocycles. The summed E-state index contributed by atoms with van der Waals surface area (Å²) in [4.78, 5) is 15.7. The Labute approximate surface area is 145 Å². The third-order valence-electron chi connectivity index (χ3n) is 3.98. The number of halogens is 1. The molecule has 120 valence electrons. The van der Waals surface area contributed by atoms with Gasteiger partial charge in [-0.05, 0) is 50.1 Å². The van der Waals surface area contributed by atoms with Crippen LogP contribution in [0.1, 0.15) is 28.9 Å². The molecule has 2 heterocycles. The fraction of sp³-hybridized carbons (Fsp3) is 0.353. The van der Waals surface area contributed by atoms with Crippen molar-refractivity contribution in [3.05, 3.63) is 52.8 Å². The molecule has 1 aliphatic rings. The molecule has 0 bridgehead atoms. The monoisotopic (exact) mass is 347 g/mol. The van der Waals surface area contributed by atoms with Crippen molar-refractivity contribution in [2.75, 3.05) is 13.1 Å². The minimum absolute atomic E-state index is 0.0624. The van der Waals surface area contributed by atoms with E-state index >= 15 is 0 Å². The van der Waals surface area contributed by atoms with Gasteiger partial charge in [-0.25, -0.2) is 0 Å². The average molecular weight is 348 g/mol. The Morgan fingerprint density at radius 2 is 1.91 bits per heavy atom. The van der Waals surface area contributed by atoms with E-state index < -0.39 is 0 Å². The lowest BCUT2D eigenvalue weighted by molar-refractivity contribution is 0.0726. The molecule has 6 heteroatoms. The molecular formula is C17H18ClN3OS. The number of aryl methyl sites for hydroxylation is 1. The van der Waals surface area contributed by atoms with Crippen LogP contribution in [-0.4, -0.2) is 39.3 Å². The molecule has 0 N–H and O–H groups in total. The van der Waals surface area contributed by atoms with Crippen LogP contribution >= 0.6 is 23.4 Å². The molecule has 0 saturated carbocycles. The summed E-state index contributed by atoms with van der Waals surface area (Å²) in [5, 5.41) is 9.06. The maximum Gasteiger partial charge on any atom is 0.255 e. The zero-order chi connectivity index (χ0) is 16.2. The summed E-state index contributed by atoms with van der Waals surface area (Å²) in [6, 6.07) is 9.69. The number of likely N-dealkylation sites (tertiary alicyclic amines) is 1. The van der Waals surface area contributed by atoms with E-state index in [2.05, 4.69) is 22.3 Å². The number of rotatable bonds is 3. The second kappa shape index (κ2) is 7.32. The van der Waals surface area contributed by atoms with Gasteiger partial charge in [0.05, 0.1) is 17.5 Å². The second-order valence-electron chi connectivity index (χ2n) is 5.59. The number of hydrogen-bond donors (Lipinski definition) is 0. The van der Waals surface area contributed by atoms with E-state index in [0.29, 0.717) is 16.5 Å². The first-order chi connectivity index (χ1) is 11.1. The lowest BCUT2D eigenvalue weighted by atomic mass is 10.1. The van der Waals surface area contributed by atoms with Gasteiger partial charge in [-0.15, -0.1) is 11.8 Å². The van der Waals surface area contributed by atoms with Crippen LogP contribution < -0.4 is 0 Å². The van der Waals surface area contributed by atoms with Gasteiger partial charge >= 0.3 is 0 Å². The molecule has 3 rings (SSSR count). The van der Waals surface area contributed by atoms with Crippen molar-refractivity contribution in [1.82, 2.24) is 15.1 Å². The molecule has 0 radical (unpaired) electrons. The smallest absolute Gasteiger partial charge is 0.255 e. The SMILES string of the molecule is Cc1nnccc1C(=O)N1CCC(Sc2ccc(Cl)cc2)CC1. The number of piperidine rings is 1. The molecule has 0 aliphatic carbocycles. The first-order valence-electron chi connectivity index (χ1n) is 7.63. The van der Waals surface area contributed by atoms with Crippen molar-refractivity contribution >= 4 is 29.3 Å². The van der Waals surface area contributed by atoms with E-state index in [1.54, 1.807) is 12.3 Å². The molecule has 0 spiro atoms. The molecule has 0 unspecified atom stereocenters. The Hall–Kier alpha value is -1.59. The molecule has 2 aromatic rings. The topological polar surface area (TPSA) is 46.1 Å². The zero-order valence-corrected chi connectivity index (χ0v) is 14.5. The molecule has 1 amide bonds. The van der Waals surface area contributed by atoms with Crippen LogP contribution in [0, 0.1) is 6.92 Å². The number of amides is 1. The van der Waals surface area contributed by atoms with Gasteiger partial charge in [0.25, 0.3) is 5.91 Å². The van der Waals surface area contributed by atoms with Crippen molar-refractivity contribution in [3.63, 3.8) is 0 Å². The lowest BCUT2D eigenvalue weighted by Gasteiger charge is -2.32. The van der Waals surface area contributed by atoms with E-state index in [4.69, 9.17) is 11.6 Å². The molecule has 1 aliphatic heterocycles. The van der Waals surface area contributed by atoms with E-state index in [-0.39, 0.29) is 5.91 Å². The quantitative estimate of drug-likeness (QED) is 0.846. The minimum Gasteiger partial charge on any atom is -0.339 e. The first-order valence-corrected chi connectivity index (χ1v) is 8.89. The van der Waals surface area contributed by atoms with Crippen molar-refractivity contribution in [1.29, 1.82) is 0 Å². The lowest BCUT2D eigenvalue weighted by Crippen LogP contribution is -2.39. The van der Waals surface area contributed by atoms with Gasteiger partial charge in [0.15, 0.2) is 0 Å². The molecule has 23 heavy (non-hydrogen) atoms. The number of carbonyl (C=O) groups is 1. The summed E-state index contributed by atoms with van der Waals surface area (Å²) in [5.74, 6) is 0.0624. The number of benzene rings is 1. The summed E-state index contributed by atoms with van der Waals surface area (Å²) in [6.07, 6.45) is 3.57. The second-order valence-corrected chi connectivity index (χ2v) is 7.40. The Bertz CT molecular complexity index is 684. The average Bonchev–Trinajstić information content (AvgIpc) is 2.57. The Kier molecular flexibility index (Phi) is 5.18. The zero-order valence-electron chi connectivity index (χ0n) is 12.9. The number of nitrogens with zero attached hydrogens (tertiary/aromatic N) is 3. The summed E-state index contributed by atoms with van der Waals surface area (Å²) in [6.45, 7) is 3.39. The predicted octanol–water partition coefficient (Wildman–Crippen LogP) is 3.84. The summed E-state index contributed by atoms with van der Waals surface area (Å²) in [7, 11) is 0. The molecular weight excluding hydrogens is 330 g/mol. The summed E-state index contributed by atoms with van der Waals surface area (Å²) in [5.41, 5.74) is 1.35. The van der Waals surface area contributed by atoms with Gasteiger partial charge in [-0.1, -0.05) is 11.6 Å². The number of hydrogen-bond acceptors (Lipinski definition) is 4. The van der Waals surface area contributed by atoms with Crippen LogP contribution in [0.5, 0.6) is 0 Å². The van der Waals surface area contributed by atoms with Crippen LogP contribution in [0.3, 0.4) is 0 Å². The van der Waals surface area contributed by atoms with Crippen LogP contribution in [0.4, 0.5) is 0 Å². The Morgan fingerprint density at radius 3 is 2.57 bits per heavy atom. The van der Waals surface area contributed by atoms with Gasteiger partial charge in [-0.2, -0.15) is 10.2 Å². The van der Waals surface area contributed by atoms with E-state index in [1.165, 1.54) is 4.90 Å². The van der Waals surface area contributed by atoms with E-state index in [1.807, 2.05) is 35.7 Å². The summed E-state index contributed by atoms with van der Waals surface area (Å²) < 4.78 is 0. The minimum atomic E-state index is 0.0624. The van der Waals surface area contributed by atoms with Gasteiger partial charge in [0.2, 0.25) is 0 Å². The van der Waals surface area contributed by atoms with Crippen LogP contribution in [0.15, 0.2) is 41.4 Å². The van der Waals surface area contributed by atoms with Crippen LogP contribution in [-0.2, 0) is 0 Å². The highest BCUT2D eigenvalue weighted by molar-refractivity contribution is 8.00. The standard InChI is InChI=1S/C17H18ClN3OS/c1-12-16(6-9-19-20-12)17(22)21-10-7-15(8-11-21)23-14-4-2-13(18)3-5-14/h2-6,9,15H,7-8,10-11H2,1H3. The van der Waals surface area contributed by atoms with Crippen molar-refractivity contribution < 1.29 is 4.79 Å². The summed E-state index contributed by atoms with van der Waals surface area (Å²) >= 11 is 7.78. The van der Waals surface area contributed by atoms with E-state index in [9.17, 15) is 4.79 Å². The largest absolute Gasteiger partial charge is 0.339 e. The predicted molar refractivity (Wildman–Crippen MR) is 93.0 cm³/mol. The third-order valence-corrected chi connectivity index (χ3v) is 5.58. The van der Waals surface area contributed by atoms with Crippen LogP contribution in [0.25, 0.3) is 0 Å². The van der Waals surface area contributed by atoms with Gasteiger partial charge in [0.1, 0.15) is 0 Å². The van der Waals surface area contributed by atoms with Crippen molar-refractivity contribution in [2.45, 2.75) is 29.9 Å². The Morgan fingerprint density at radius 1 is 1.22 bits per heavy atom. The number of thioether (sulfide) groups is 1. The van der Waals surface area contributed by atoms with Gasteiger partial charge in [-0.3, -0.25) is 4.79 Å². The molecule has 4 nitrogen and oxygen atoms in total. The van der Waals surface area contributed by atoms with Crippen molar-refractivity contribution in [2.24, 2.45) is 0 Å². The maximum atomic E-state index is 12.6. The fourth-order valence-corrected chi connectivity index (χ4v) is 3.93. The fourth-order valence-electron chi connectivity index (χ4n) is 2.68. The Balaban J connectivity index is 1.57.